The standard InChI is InChI=1S/C20H28N4OS/c1-4-17-13-9-10-14-24(17)19(25)15(3)26-20-22-21-18(23(20)5-2)16-11-7-6-8-12-16/h6-8,11-12,15,17H,4-5,9-10,13-14H2,1-3H3. The van der Waals surface area contributed by atoms with Crippen LogP contribution in [0.25, 0.3) is 11.4 Å². The number of piperidine rings is 1. The summed E-state index contributed by atoms with van der Waals surface area (Å²) < 4.78 is 2.09. The molecule has 0 bridgehead atoms. The van der Waals surface area contributed by atoms with Crippen LogP contribution < -0.4 is 0 Å². The number of carbonyl (C=O) groups excluding carboxylic acids is 1. The lowest BCUT2D eigenvalue weighted by Gasteiger charge is -2.36. The molecule has 0 radical (unpaired) electrons. The molecule has 0 N–H and O–H groups in total. The van der Waals surface area contributed by atoms with Gasteiger partial charge in [0, 0.05) is 24.7 Å². The van der Waals surface area contributed by atoms with Gasteiger partial charge in [0.25, 0.3) is 0 Å². The lowest BCUT2D eigenvalue weighted by atomic mass is 10.00. The molecule has 0 aliphatic carbocycles. The van der Waals surface area contributed by atoms with E-state index in [9.17, 15) is 4.79 Å². The van der Waals surface area contributed by atoms with Crippen LogP contribution in [0.4, 0.5) is 0 Å². The van der Waals surface area contributed by atoms with Crippen molar-refractivity contribution in [3.05, 3.63) is 30.3 Å². The molecular weight excluding hydrogens is 344 g/mol. The van der Waals surface area contributed by atoms with E-state index in [1.54, 1.807) is 0 Å². The monoisotopic (exact) mass is 372 g/mol. The average molecular weight is 373 g/mol. The van der Waals surface area contributed by atoms with Crippen molar-refractivity contribution in [1.29, 1.82) is 0 Å². The van der Waals surface area contributed by atoms with E-state index in [1.165, 1.54) is 18.2 Å². The zero-order chi connectivity index (χ0) is 18.5. The molecule has 1 amide bonds. The lowest BCUT2D eigenvalue weighted by Crippen LogP contribution is -2.46. The van der Waals surface area contributed by atoms with Gasteiger partial charge in [-0.25, -0.2) is 0 Å². The molecule has 26 heavy (non-hydrogen) atoms. The van der Waals surface area contributed by atoms with Gasteiger partial charge in [-0.1, -0.05) is 49.0 Å². The number of carbonyl (C=O) groups is 1. The van der Waals surface area contributed by atoms with E-state index in [1.807, 2.05) is 37.3 Å². The van der Waals surface area contributed by atoms with Crippen molar-refractivity contribution in [3.8, 4) is 11.4 Å². The molecule has 6 heteroatoms. The van der Waals surface area contributed by atoms with E-state index in [4.69, 9.17) is 0 Å². The summed E-state index contributed by atoms with van der Waals surface area (Å²) in [5.74, 6) is 1.09. The molecule has 1 saturated heterocycles. The first kappa shape index (κ1) is 19.0. The normalized spacial score (nSPS) is 18.7. The second-order valence-corrected chi connectivity index (χ2v) is 8.07. The Kier molecular flexibility index (Phi) is 6.35. The summed E-state index contributed by atoms with van der Waals surface area (Å²) in [6.07, 6.45) is 4.51. The second kappa shape index (κ2) is 8.71. The minimum absolute atomic E-state index is 0.153. The predicted octanol–water partition coefficient (Wildman–Crippen LogP) is 4.24. The molecule has 2 atom stereocenters. The predicted molar refractivity (Wildman–Crippen MR) is 106 cm³/mol. The summed E-state index contributed by atoms with van der Waals surface area (Å²) in [5.41, 5.74) is 1.05. The third kappa shape index (κ3) is 3.95. The maximum atomic E-state index is 13.0. The number of amides is 1. The quantitative estimate of drug-likeness (QED) is 0.712. The van der Waals surface area contributed by atoms with Crippen LogP contribution in [0.1, 0.15) is 46.5 Å². The molecule has 1 aliphatic heterocycles. The molecular formula is C20H28N4OS. The van der Waals surface area contributed by atoms with Crippen molar-refractivity contribution in [2.75, 3.05) is 6.54 Å². The highest BCUT2D eigenvalue weighted by atomic mass is 32.2. The Labute approximate surface area is 160 Å². The number of hydrogen-bond acceptors (Lipinski definition) is 4. The minimum atomic E-state index is -0.153. The fourth-order valence-corrected chi connectivity index (χ4v) is 4.60. The second-order valence-electron chi connectivity index (χ2n) is 6.77. The fraction of sp³-hybridized carbons (Fsp3) is 0.550. The van der Waals surface area contributed by atoms with Gasteiger partial charge < -0.3 is 9.47 Å². The molecule has 3 rings (SSSR count). The van der Waals surface area contributed by atoms with Gasteiger partial charge in [0.1, 0.15) is 0 Å². The van der Waals surface area contributed by atoms with Gasteiger partial charge in [-0.3, -0.25) is 4.79 Å². The molecule has 5 nitrogen and oxygen atoms in total. The molecule has 2 aromatic rings. The Morgan fingerprint density at radius 3 is 2.69 bits per heavy atom. The third-order valence-electron chi connectivity index (χ3n) is 5.08. The Balaban J connectivity index is 1.76. The van der Waals surface area contributed by atoms with E-state index < -0.39 is 0 Å². The van der Waals surface area contributed by atoms with Crippen LogP contribution in [-0.4, -0.2) is 43.4 Å². The maximum Gasteiger partial charge on any atom is 0.236 e. The summed E-state index contributed by atoms with van der Waals surface area (Å²) in [4.78, 5) is 15.1. The first-order valence-corrected chi connectivity index (χ1v) is 10.5. The van der Waals surface area contributed by atoms with Crippen molar-refractivity contribution >= 4 is 17.7 Å². The largest absolute Gasteiger partial charge is 0.339 e. The Bertz CT molecular complexity index is 731. The highest BCUT2D eigenvalue weighted by molar-refractivity contribution is 8.00. The number of benzene rings is 1. The van der Waals surface area contributed by atoms with Crippen LogP contribution in [0, 0.1) is 0 Å². The molecule has 1 aliphatic rings. The number of thioether (sulfide) groups is 1. The van der Waals surface area contributed by atoms with Crippen molar-refractivity contribution in [2.24, 2.45) is 0 Å². The van der Waals surface area contributed by atoms with Gasteiger partial charge in [0.15, 0.2) is 11.0 Å². The molecule has 1 fully saturated rings. The summed E-state index contributed by atoms with van der Waals surface area (Å²) in [6, 6.07) is 10.5. The van der Waals surface area contributed by atoms with Crippen molar-refractivity contribution in [2.45, 2.75) is 69.4 Å². The molecule has 140 valence electrons. The fourth-order valence-electron chi connectivity index (χ4n) is 3.62. The van der Waals surface area contributed by atoms with Crippen LogP contribution in [0.15, 0.2) is 35.5 Å². The number of rotatable bonds is 6. The van der Waals surface area contributed by atoms with E-state index in [0.717, 1.165) is 48.9 Å². The van der Waals surface area contributed by atoms with Crippen LogP contribution in [-0.2, 0) is 11.3 Å². The number of hydrogen-bond donors (Lipinski definition) is 0. The van der Waals surface area contributed by atoms with Gasteiger partial charge in [0.05, 0.1) is 5.25 Å². The van der Waals surface area contributed by atoms with Crippen LogP contribution in [0.3, 0.4) is 0 Å². The van der Waals surface area contributed by atoms with Gasteiger partial charge in [0.2, 0.25) is 5.91 Å². The average Bonchev–Trinajstić information content (AvgIpc) is 3.10. The first-order chi connectivity index (χ1) is 12.7. The molecule has 0 spiro atoms. The van der Waals surface area contributed by atoms with E-state index >= 15 is 0 Å². The summed E-state index contributed by atoms with van der Waals surface area (Å²) >= 11 is 1.52. The number of aromatic nitrogens is 3. The SMILES string of the molecule is CCC1CCCCN1C(=O)C(C)Sc1nnc(-c2ccccc2)n1CC. The number of likely N-dealkylation sites (tertiary alicyclic amines) is 1. The minimum Gasteiger partial charge on any atom is -0.339 e. The Hall–Kier alpha value is -1.82. The third-order valence-corrected chi connectivity index (χ3v) is 6.14. The van der Waals surface area contributed by atoms with E-state index in [-0.39, 0.29) is 11.2 Å². The Morgan fingerprint density at radius 2 is 2.00 bits per heavy atom. The van der Waals surface area contributed by atoms with Crippen molar-refractivity contribution in [3.63, 3.8) is 0 Å². The van der Waals surface area contributed by atoms with Gasteiger partial charge in [-0.2, -0.15) is 0 Å². The summed E-state index contributed by atoms with van der Waals surface area (Å²) in [7, 11) is 0. The topological polar surface area (TPSA) is 51.0 Å². The summed E-state index contributed by atoms with van der Waals surface area (Å²) in [5, 5.41) is 9.42. The molecule has 0 saturated carbocycles. The lowest BCUT2D eigenvalue weighted by molar-refractivity contribution is -0.134. The molecule has 1 aromatic heterocycles. The number of nitrogens with zero attached hydrogens (tertiary/aromatic N) is 4. The van der Waals surface area contributed by atoms with Crippen LogP contribution >= 0.6 is 11.8 Å². The Morgan fingerprint density at radius 1 is 1.23 bits per heavy atom. The van der Waals surface area contributed by atoms with E-state index in [0.29, 0.717) is 6.04 Å². The van der Waals surface area contributed by atoms with Crippen molar-refractivity contribution in [1.82, 2.24) is 19.7 Å². The van der Waals surface area contributed by atoms with E-state index in [2.05, 4.69) is 33.5 Å². The zero-order valence-electron chi connectivity index (χ0n) is 15.9. The highest BCUT2D eigenvalue weighted by Gasteiger charge is 2.30. The molecule has 2 unspecified atom stereocenters. The smallest absolute Gasteiger partial charge is 0.236 e. The molecule has 1 aromatic carbocycles. The highest BCUT2D eigenvalue weighted by Crippen LogP contribution is 2.29. The maximum absolute atomic E-state index is 13.0. The van der Waals surface area contributed by atoms with Crippen LogP contribution in [0.2, 0.25) is 0 Å². The van der Waals surface area contributed by atoms with Gasteiger partial charge >= 0.3 is 0 Å². The van der Waals surface area contributed by atoms with Crippen molar-refractivity contribution < 1.29 is 4.79 Å². The summed E-state index contributed by atoms with van der Waals surface area (Å²) in [6.45, 7) is 7.92. The zero-order valence-corrected chi connectivity index (χ0v) is 16.7. The van der Waals surface area contributed by atoms with Crippen LogP contribution in [0.5, 0.6) is 0 Å². The first-order valence-electron chi connectivity index (χ1n) is 9.61. The van der Waals surface area contributed by atoms with Gasteiger partial charge in [-0.15, -0.1) is 10.2 Å². The molecule has 2 heterocycles. The van der Waals surface area contributed by atoms with Gasteiger partial charge in [-0.05, 0) is 39.5 Å².